The zero-order valence-electron chi connectivity index (χ0n) is 30.6. The van der Waals surface area contributed by atoms with Crippen LogP contribution in [0.4, 0.5) is 11.5 Å². The molecule has 2 atom stereocenters. The molecule has 0 aliphatic carbocycles. The van der Waals surface area contributed by atoms with Crippen molar-refractivity contribution in [3.63, 3.8) is 0 Å². The van der Waals surface area contributed by atoms with Crippen LogP contribution in [0, 0.1) is 17.3 Å². The molecule has 5 heterocycles. The number of benzene rings is 2. The fraction of sp³-hybridized carbons (Fsp3) is 0.381. The molecule has 4 amide bonds. The van der Waals surface area contributed by atoms with Gasteiger partial charge in [0.2, 0.25) is 11.8 Å². The predicted octanol–water partition coefficient (Wildman–Crippen LogP) is 6.14. The Morgan fingerprint density at radius 1 is 1.04 bits per heavy atom. The van der Waals surface area contributed by atoms with Crippen molar-refractivity contribution in [1.29, 1.82) is 5.41 Å². The van der Waals surface area contributed by atoms with Gasteiger partial charge in [0.05, 0.1) is 5.52 Å². The Bertz CT molecular complexity index is 2160. The Morgan fingerprint density at radius 2 is 1.89 bits per heavy atom. The summed E-state index contributed by atoms with van der Waals surface area (Å²) in [4.78, 5) is 62.2. The second-order valence-electron chi connectivity index (χ2n) is 14.4. The van der Waals surface area contributed by atoms with Crippen molar-refractivity contribution in [2.45, 2.75) is 82.8 Å². The van der Waals surface area contributed by atoms with E-state index in [2.05, 4.69) is 55.8 Å². The van der Waals surface area contributed by atoms with E-state index in [9.17, 15) is 19.2 Å². The third-order valence-corrected chi connectivity index (χ3v) is 10.7. The zero-order chi connectivity index (χ0) is 37.6. The predicted molar refractivity (Wildman–Crippen MR) is 209 cm³/mol. The largest absolute Gasteiger partial charge is 0.384 e. The molecule has 5 N–H and O–H groups in total. The summed E-state index contributed by atoms with van der Waals surface area (Å²) >= 11 is 0. The van der Waals surface area contributed by atoms with E-state index in [1.54, 1.807) is 35.4 Å². The Labute approximate surface area is 315 Å². The Morgan fingerprint density at radius 3 is 2.70 bits per heavy atom. The number of rotatable bonds is 13. The zero-order valence-corrected chi connectivity index (χ0v) is 30.6. The van der Waals surface area contributed by atoms with Gasteiger partial charge in [-0.15, -0.1) is 0 Å². The molecule has 278 valence electrons. The lowest BCUT2D eigenvalue weighted by molar-refractivity contribution is -0.136. The second-order valence-corrected chi connectivity index (χ2v) is 14.4. The summed E-state index contributed by atoms with van der Waals surface area (Å²) in [5.74, 6) is 5.83. The Balaban J connectivity index is 0.840. The molecule has 2 saturated heterocycles. The van der Waals surface area contributed by atoms with Crippen molar-refractivity contribution < 1.29 is 19.2 Å². The van der Waals surface area contributed by atoms with Gasteiger partial charge in [-0.05, 0) is 81.6 Å². The van der Waals surface area contributed by atoms with Crippen LogP contribution in [0.2, 0.25) is 0 Å². The quantitative estimate of drug-likeness (QED) is 0.0478. The maximum Gasteiger partial charge on any atom is 0.256 e. The fourth-order valence-electron chi connectivity index (χ4n) is 7.72. The summed E-state index contributed by atoms with van der Waals surface area (Å²) in [6.07, 6.45) is 11.8. The molecule has 3 aliphatic rings. The van der Waals surface area contributed by atoms with Gasteiger partial charge >= 0.3 is 0 Å². The molecule has 7 rings (SSSR count). The van der Waals surface area contributed by atoms with Crippen molar-refractivity contribution in [2.75, 3.05) is 30.8 Å². The normalized spacial score (nSPS) is 18.3. The Hall–Kier alpha value is -5.80. The summed E-state index contributed by atoms with van der Waals surface area (Å²) in [6.45, 7) is 2.14. The molecule has 2 fully saturated rings. The first-order chi connectivity index (χ1) is 26.3. The van der Waals surface area contributed by atoms with Gasteiger partial charge < -0.3 is 25.9 Å². The van der Waals surface area contributed by atoms with Gasteiger partial charge in [-0.25, -0.2) is 4.98 Å². The van der Waals surface area contributed by atoms with Crippen LogP contribution in [0.3, 0.4) is 0 Å². The van der Waals surface area contributed by atoms with Gasteiger partial charge in [0.25, 0.3) is 11.8 Å². The summed E-state index contributed by atoms with van der Waals surface area (Å²) in [6, 6.07) is 14.6. The maximum atomic E-state index is 13.2. The lowest BCUT2D eigenvalue weighted by Gasteiger charge is -2.29. The number of pyridine rings is 1. The second kappa shape index (κ2) is 16.5. The molecule has 0 saturated carbocycles. The SMILES string of the molecule is CN1CCC[C@@H]1c1cc2cnc(NC(=O)c3ccc(C=N)c(NCCCCCCCC#Cc4cccc5c4CN(C4CCC(=O)NC4=O)C5=O)c3)cc2[nH]1. The summed E-state index contributed by atoms with van der Waals surface area (Å²) < 4.78 is 0. The van der Waals surface area contributed by atoms with Crippen LogP contribution >= 0.6 is 0 Å². The van der Waals surface area contributed by atoms with Gasteiger partial charge in [-0.3, -0.25) is 29.4 Å². The number of likely N-dealkylation sites (tertiary alicyclic amines) is 1. The average molecular weight is 727 g/mol. The average Bonchev–Trinajstić information content (AvgIpc) is 3.88. The number of carbonyl (C=O) groups excluding carboxylic acids is 4. The summed E-state index contributed by atoms with van der Waals surface area (Å²) in [5, 5.41) is 17.6. The number of aromatic nitrogens is 2. The highest BCUT2D eigenvalue weighted by Crippen LogP contribution is 2.32. The lowest BCUT2D eigenvalue weighted by Crippen LogP contribution is -2.52. The van der Waals surface area contributed by atoms with Crippen molar-refractivity contribution >= 4 is 52.3 Å². The first-order valence-corrected chi connectivity index (χ1v) is 18.9. The third-order valence-electron chi connectivity index (χ3n) is 10.7. The molecule has 12 nitrogen and oxygen atoms in total. The monoisotopic (exact) mass is 726 g/mol. The minimum Gasteiger partial charge on any atom is -0.384 e. The van der Waals surface area contributed by atoms with Gasteiger partial charge in [0, 0.05) is 89.5 Å². The number of hydrogen-bond acceptors (Lipinski definition) is 8. The summed E-state index contributed by atoms with van der Waals surface area (Å²) in [5.41, 5.74) is 6.31. The standard InChI is InChI=1S/C42H46N8O4/c1-49-20-10-14-36(49)35-22-30-25-45-38(23-34(30)46-35)47-40(52)28-15-16-29(24-43)33(21-28)44-19-8-6-4-2-3-5-7-11-27-12-9-13-31-32(27)26-50(42(31)54)37-17-18-39(51)48-41(37)53/h9,12-13,15-16,21-25,36-37,43-44,46H,2-6,8,10,14,17-20,26H2,1H3,(H,45,47,52)(H,48,51,53)/t36-,37?/m1/s1. The van der Waals surface area contributed by atoms with Crippen molar-refractivity contribution in [3.05, 3.63) is 88.2 Å². The molecule has 0 radical (unpaired) electrons. The number of imide groups is 1. The number of nitrogens with one attached hydrogen (secondary N) is 5. The number of piperidine rings is 1. The van der Waals surface area contributed by atoms with Crippen molar-refractivity contribution in [3.8, 4) is 11.8 Å². The highest BCUT2D eigenvalue weighted by molar-refractivity contribution is 6.06. The number of hydrogen-bond donors (Lipinski definition) is 5. The van der Waals surface area contributed by atoms with E-state index in [1.165, 1.54) is 18.3 Å². The molecule has 12 heteroatoms. The van der Waals surface area contributed by atoms with E-state index in [4.69, 9.17) is 5.41 Å². The van der Waals surface area contributed by atoms with Gasteiger partial charge in [0.1, 0.15) is 11.9 Å². The van der Waals surface area contributed by atoms with Crippen molar-refractivity contribution in [2.24, 2.45) is 0 Å². The molecule has 54 heavy (non-hydrogen) atoms. The van der Waals surface area contributed by atoms with E-state index in [-0.39, 0.29) is 24.1 Å². The van der Waals surface area contributed by atoms with Crippen LogP contribution in [0.25, 0.3) is 10.9 Å². The number of aromatic amines is 1. The number of nitrogens with zero attached hydrogens (tertiary/aromatic N) is 3. The van der Waals surface area contributed by atoms with Gasteiger partial charge in [-0.2, -0.15) is 0 Å². The van der Waals surface area contributed by atoms with Gasteiger partial charge in [-0.1, -0.05) is 43.2 Å². The van der Waals surface area contributed by atoms with Crippen LogP contribution in [-0.2, 0) is 16.1 Å². The molecule has 0 bridgehead atoms. The van der Waals surface area contributed by atoms with E-state index in [1.807, 2.05) is 18.2 Å². The minimum atomic E-state index is -0.638. The minimum absolute atomic E-state index is 0.190. The molecular formula is C42H46N8O4. The van der Waals surface area contributed by atoms with Crippen LogP contribution in [0.15, 0.2) is 54.7 Å². The lowest BCUT2D eigenvalue weighted by atomic mass is 10.0. The number of H-pyrrole nitrogens is 1. The highest BCUT2D eigenvalue weighted by Gasteiger charge is 2.39. The van der Waals surface area contributed by atoms with E-state index >= 15 is 0 Å². The number of fused-ring (bicyclic) bond motifs is 2. The number of anilines is 2. The van der Waals surface area contributed by atoms with Crippen LogP contribution < -0.4 is 16.0 Å². The Kier molecular flexibility index (Phi) is 11.2. The molecule has 0 spiro atoms. The molecule has 2 aromatic carbocycles. The molecule has 4 aromatic rings. The maximum absolute atomic E-state index is 13.2. The van der Waals surface area contributed by atoms with E-state index in [0.29, 0.717) is 36.0 Å². The molecular weight excluding hydrogens is 681 g/mol. The first kappa shape index (κ1) is 36.6. The topological polar surface area (TPSA) is 163 Å². The van der Waals surface area contributed by atoms with Gasteiger partial charge in [0.15, 0.2) is 0 Å². The smallest absolute Gasteiger partial charge is 0.256 e. The van der Waals surface area contributed by atoms with E-state index < -0.39 is 11.9 Å². The molecule has 1 unspecified atom stereocenters. The van der Waals surface area contributed by atoms with Crippen LogP contribution in [0.5, 0.6) is 0 Å². The first-order valence-electron chi connectivity index (χ1n) is 18.9. The highest BCUT2D eigenvalue weighted by atomic mass is 16.2. The molecule has 2 aromatic heterocycles. The molecule has 3 aliphatic heterocycles. The number of amides is 4. The third kappa shape index (κ3) is 8.06. The van der Waals surface area contributed by atoms with Crippen LogP contribution in [0.1, 0.15) is 113 Å². The van der Waals surface area contributed by atoms with Crippen molar-refractivity contribution in [1.82, 2.24) is 25.1 Å². The van der Waals surface area contributed by atoms with E-state index in [0.717, 1.165) is 91.3 Å². The fourth-order valence-corrected chi connectivity index (χ4v) is 7.72. The van der Waals surface area contributed by atoms with Crippen LogP contribution in [-0.4, -0.2) is 75.8 Å². The summed E-state index contributed by atoms with van der Waals surface area (Å²) in [7, 11) is 2.15. The number of unbranched alkanes of at least 4 members (excludes halogenated alkanes) is 5. The number of carbonyl (C=O) groups is 4.